The molecule has 1 rings (SSSR count). The standard InChI is InChI=1S/C13H23NO5/c1-9(2)8-19-13(17)14-7-10(4-5-18-3)6-11(14)12(15)16/h9-11H,4-8H2,1-3H3,(H,15,16). The van der Waals surface area contributed by atoms with Gasteiger partial charge in [0.1, 0.15) is 6.04 Å². The number of rotatable bonds is 6. The van der Waals surface area contributed by atoms with E-state index in [0.29, 0.717) is 26.2 Å². The van der Waals surface area contributed by atoms with Crippen molar-refractivity contribution in [1.29, 1.82) is 0 Å². The fourth-order valence-corrected chi connectivity index (χ4v) is 2.17. The zero-order chi connectivity index (χ0) is 14.4. The average molecular weight is 273 g/mol. The molecule has 6 nitrogen and oxygen atoms in total. The molecule has 110 valence electrons. The van der Waals surface area contributed by atoms with Crippen LogP contribution in [0.15, 0.2) is 0 Å². The van der Waals surface area contributed by atoms with Crippen molar-refractivity contribution in [2.24, 2.45) is 11.8 Å². The highest BCUT2D eigenvalue weighted by atomic mass is 16.6. The van der Waals surface area contributed by atoms with Gasteiger partial charge in [-0.2, -0.15) is 0 Å². The Morgan fingerprint density at radius 3 is 2.63 bits per heavy atom. The van der Waals surface area contributed by atoms with E-state index < -0.39 is 18.1 Å². The molecule has 1 heterocycles. The summed E-state index contributed by atoms with van der Waals surface area (Å²) in [7, 11) is 1.61. The van der Waals surface area contributed by atoms with Gasteiger partial charge in [0.2, 0.25) is 0 Å². The third-order valence-corrected chi connectivity index (χ3v) is 3.18. The van der Waals surface area contributed by atoms with E-state index in [2.05, 4.69) is 0 Å². The summed E-state index contributed by atoms with van der Waals surface area (Å²) in [4.78, 5) is 24.4. The zero-order valence-electron chi connectivity index (χ0n) is 11.8. The Labute approximate surface area is 113 Å². The summed E-state index contributed by atoms with van der Waals surface area (Å²) in [6.45, 7) is 5.19. The number of aliphatic carboxylic acids is 1. The van der Waals surface area contributed by atoms with E-state index in [4.69, 9.17) is 9.47 Å². The second-order valence-corrected chi connectivity index (χ2v) is 5.36. The van der Waals surface area contributed by atoms with Gasteiger partial charge in [-0.25, -0.2) is 9.59 Å². The number of amides is 1. The van der Waals surface area contributed by atoms with E-state index in [1.54, 1.807) is 7.11 Å². The lowest BCUT2D eigenvalue weighted by Gasteiger charge is -2.21. The number of likely N-dealkylation sites (tertiary alicyclic amines) is 1. The van der Waals surface area contributed by atoms with Crippen LogP contribution in [0.4, 0.5) is 4.79 Å². The molecule has 19 heavy (non-hydrogen) atoms. The molecule has 2 unspecified atom stereocenters. The van der Waals surface area contributed by atoms with Crippen LogP contribution >= 0.6 is 0 Å². The molecule has 0 saturated carbocycles. The summed E-state index contributed by atoms with van der Waals surface area (Å²) < 4.78 is 10.1. The van der Waals surface area contributed by atoms with Crippen LogP contribution in [0, 0.1) is 11.8 Å². The molecule has 0 aromatic heterocycles. The highest BCUT2D eigenvalue weighted by Crippen LogP contribution is 2.26. The van der Waals surface area contributed by atoms with Crippen molar-refractivity contribution in [1.82, 2.24) is 4.90 Å². The topological polar surface area (TPSA) is 76.1 Å². The highest BCUT2D eigenvalue weighted by molar-refractivity contribution is 5.80. The molecule has 0 aliphatic carbocycles. The number of carboxylic acid groups (broad SMARTS) is 1. The van der Waals surface area contributed by atoms with Gasteiger partial charge in [0, 0.05) is 20.3 Å². The van der Waals surface area contributed by atoms with Crippen LogP contribution in [0.3, 0.4) is 0 Å². The van der Waals surface area contributed by atoms with Crippen molar-refractivity contribution in [2.75, 3.05) is 26.9 Å². The maximum Gasteiger partial charge on any atom is 0.410 e. The van der Waals surface area contributed by atoms with Crippen molar-refractivity contribution in [3.05, 3.63) is 0 Å². The first-order valence-electron chi connectivity index (χ1n) is 6.60. The second-order valence-electron chi connectivity index (χ2n) is 5.36. The molecule has 1 aliphatic rings. The minimum atomic E-state index is -0.971. The Morgan fingerprint density at radius 2 is 2.11 bits per heavy atom. The number of ether oxygens (including phenoxy) is 2. The van der Waals surface area contributed by atoms with Crippen LogP contribution in [-0.4, -0.2) is 55.0 Å². The molecule has 1 N–H and O–H groups in total. The molecule has 1 fully saturated rings. The Morgan fingerprint density at radius 1 is 1.42 bits per heavy atom. The number of hydrogen-bond donors (Lipinski definition) is 1. The minimum absolute atomic E-state index is 0.160. The Hall–Kier alpha value is -1.30. The number of hydrogen-bond acceptors (Lipinski definition) is 4. The molecular formula is C13H23NO5. The maximum atomic E-state index is 11.9. The van der Waals surface area contributed by atoms with Crippen LogP contribution in [-0.2, 0) is 14.3 Å². The molecule has 0 radical (unpaired) electrons. The van der Waals surface area contributed by atoms with Crippen LogP contribution in [0.25, 0.3) is 0 Å². The third kappa shape index (κ3) is 4.70. The summed E-state index contributed by atoms with van der Waals surface area (Å²) in [6, 6.07) is -0.776. The molecule has 0 aromatic carbocycles. The fourth-order valence-electron chi connectivity index (χ4n) is 2.17. The molecule has 0 spiro atoms. The number of carbonyl (C=O) groups is 2. The summed E-state index contributed by atoms with van der Waals surface area (Å²) in [6.07, 6.45) is 0.699. The van der Waals surface area contributed by atoms with E-state index in [0.717, 1.165) is 6.42 Å². The number of carbonyl (C=O) groups excluding carboxylic acids is 1. The van der Waals surface area contributed by atoms with E-state index >= 15 is 0 Å². The monoisotopic (exact) mass is 273 g/mol. The Bertz CT molecular complexity index is 318. The molecule has 6 heteroatoms. The van der Waals surface area contributed by atoms with Gasteiger partial charge in [-0.05, 0) is 24.7 Å². The van der Waals surface area contributed by atoms with E-state index in [-0.39, 0.29) is 11.8 Å². The average Bonchev–Trinajstić information content (AvgIpc) is 2.77. The van der Waals surface area contributed by atoms with Gasteiger partial charge in [-0.15, -0.1) is 0 Å². The van der Waals surface area contributed by atoms with Crippen molar-refractivity contribution >= 4 is 12.1 Å². The normalized spacial score (nSPS) is 22.8. The van der Waals surface area contributed by atoms with E-state index in [9.17, 15) is 14.7 Å². The van der Waals surface area contributed by atoms with Crippen LogP contribution in [0.1, 0.15) is 26.7 Å². The lowest BCUT2D eigenvalue weighted by molar-refractivity contribution is -0.141. The molecule has 1 amide bonds. The first kappa shape index (κ1) is 15.8. The van der Waals surface area contributed by atoms with Crippen molar-refractivity contribution in [3.8, 4) is 0 Å². The Balaban J connectivity index is 2.57. The highest BCUT2D eigenvalue weighted by Gasteiger charge is 2.40. The predicted molar refractivity (Wildman–Crippen MR) is 68.9 cm³/mol. The minimum Gasteiger partial charge on any atom is -0.480 e. The molecular weight excluding hydrogens is 250 g/mol. The quantitative estimate of drug-likeness (QED) is 0.795. The molecule has 0 aromatic rings. The maximum absolute atomic E-state index is 11.9. The first-order valence-corrected chi connectivity index (χ1v) is 6.60. The van der Waals surface area contributed by atoms with Gasteiger partial charge < -0.3 is 14.6 Å². The summed E-state index contributed by atoms with van der Waals surface area (Å²) in [5.41, 5.74) is 0. The summed E-state index contributed by atoms with van der Waals surface area (Å²) >= 11 is 0. The van der Waals surface area contributed by atoms with Gasteiger partial charge in [-0.1, -0.05) is 13.8 Å². The summed E-state index contributed by atoms with van der Waals surface area (Å²) in [5.74, 6) is -0.576. The van der Waals surface area contributed by atoms with Crippen molar-refractivity contribution < 1.29 is 24.2 Å². The largest absolute Gasteiger partial charge is 0.480 e. The third-order valence-electron chi connectivity index (χ3n) is 3.18. The lowest BCUT2D eigenvalue weighted by Crippen LogP contribution is -2.41. The van der Waals surface area contributed by atoms with Gasteiger partial charge in [0.25, 0.3) is 0 Å². The number of methoxy groups -OCH3 is 1. The molecule has 1 aliphatic heterocycles. The first-order chi connectivity index (χ1) is 8.95. The fraction of sp³-hybridized carbons (Fsp3) is 0.846. The van der Waals surface area contributed by atoms with Crippen LogP contribution in [0.5, 0.6) is 0 Å². The molecule has 2 atom stereocenters. The van der Waals surface area contributed by atoms with Gasteiger partial charge in [0.05, 0.1) is 6.61 Å². The number of carboxylic acids is 1. The van der Waals surface area contributed by atoms with Gasteiger partial charge in [0.15, 0.2) is 0 Å². The van der Waals surface area contributed by atoms with Gasteiger partial charge in [-0.3, -0.25) is 4.90 Å². The predicted octanol–water partition coefficient (Wildman–Crippen LogP) is 1.59. The lowest BCUT2D eigenvalue weighted by atomic mass is 10.0. The van der Waals surface area contributed by atoms with Gasteiger partial charge >= 0.3 is 12.1 Å². The van der Waals surface area contributed by atoms with Crippen molar-refractivity contribution in [3.63, 3.8) is 0 Å². The SMILES string of the molecule is COCCC1CC(C(=O)O)N(C(=O)OCC(C)C)C1. The van der Waals surface area contributed by atoms with Crippen LogP contribution < -0.4 is 0 Å². The molecule has 0 bridgehead atoms. The summed E-state index contributed by atoms with van der Waals surface area (Å²) in [5, 5.41) is 9.17. The second kappa shape index (κ2) is 7.33. The smallest absolute Gasteiger partial charge is 0.410 e. The van der Waals surface area contributed by atoms with Crippen LogP contribution in [0.2, 0.25) is 0 Å². The zero-order valence-corrected chi connectivity index (χ0v) is 11.8. The molecule has 1 saturated heterocycles. The van der Waals surface area contributed by atoms with E-state index in [1.807, 2.05) is 13.8 Å². The number of nitrogens with zero attached hydrogens (tertiary/aromatic N) is 1. The van der Waals surface area contributed by atoms with Crippen molar-refractivity contribution in [2.45, 2.75) is 32.7 Å². The van der Waals surface area contributed by atoms with E-state index in [1.165, 1.54) is 4.90 Å². The Kier molecular flexibility index (Phi) is 6.08.